The SMILES string of the molecule is O=[N+]([O-])c1ccc(CNc2cccc(Cl)c2Cl)c(Cl)c1. The predicted octanol–water partition coefficient (Wildman–Crippen LogP) is 5.17. The van der Waals surface area contributed by atoms with Gasteiger partial charge in [0.05, 0.1) is 25.7 Å². The zero-order valence-corrected chi connectivity index (χ0v) is 12.3. The number of nitrogens with zero attached hydrogens (tertiary/aromatic N) is 1. The minimum absolute atomic E-state index is 0.0421. The highest BCUT2D eigenvalue weighted by atomic mass is 35.5. The van der Waals surface area contributed by atoms with E-state index in [2.05, 4.69) is 5.32 Å². The predicted molar refractivity (Wildman–Crippen MR) is 81.9 cm³/mol. The molecule has 0 bridgehead atoms. The molecule has 7 heteroatoms. The van der Waals surface area contributed by atoms with E-state index in [-0.39, 0.29) is 5.69 Å². The lowest BCUT2D eigenvalue weighted by atomic mass is 10.2. The molecule has 0 aromatic heterocycles. The largest absolute Gasteiger partial charge is 0.380 e. The van der Waals surface area contributed by atoms with Crippen LogP contribution in [0.1, 0.15) is 5.56 Å². The summed E-state index contributed by atoms with van der Waals surface area (Å²) in [6.07, 6.45) is 0. The number of rotatable bonds is 4. The van der Waals surface area contributed by atoms with E-state index in [4.69, 9.17) is 34.8 Å². The van der Waals surface area contributed by atoms with Gasteiger partial charge >= 0.3 is 0 Å². The van der Waals surface area contributed by atoms with Crippen LogP contribution in [-0.2, 0) is 6.54 Å². The van der Waals surface area contributed by atoms with Gasteiger partial charge in [-0.25, -0.2) is 0 Å². The van der Waals surface area contributed by atoms with E-state index in [1.54, 1.807) is 24.3 Å². The molecule has 0 saturated heterocycles. The first-order valence-electron chi connectivity index (χ1n) is 5.59. The first kappa shape index (κ1) is 14.9. The van der Waals surface area contributed by atoms with Gasteiger partial charge in [-0.2, -0.15) is 0 Å². The van der Waals surface area contributed by atoms with Crippen molar-refractivity contribution < 1.29 is 4.92 Å². The highest BCUT2D eigenvalue weighted by molar-refractivity contribution is 6.43. The van der Waals surface area contributed by atoms with Crippen molar-refractivity contribution >= 4 is 46.2 Å². The summed E-state index contributed by atoms with van der Waals surface area (Å²) in [6.45, 7) is 0.386. The van der Waals surface area contributed by atoms with Crippen LogP contribution >= 0.6 is 34.8 Å². The van der Waals surface area contributed by atoms with Crippen LogP contribution < -0.4 is 5.32 Å². The Hall–Kier alpha value is -1.49. The summed E-state index contributed by atoms with van der Waals surface area (Å²) in [5.74, 6) is 0. The second-order valence-electron chi connectivity index (χ2n) is 3.99. The molecule has 0 aliphatic rings. The Morgan fingerprint density at radius 3 is 2.50 bits per heavy atom. The number of non-ortho nitro benzene ring substituents is 1. The summed E-state index contributed by atoms with van der Waals surface area (Å²) >= 11 is 18.0. The maximum absolute atomic E-state index is 10.6. The van der Waals surface area contributed by atoms with Gasteiger partial charge in [0.15, 0.2) is 0 Å². The van der Waals surface area contributed by atoms with Crippen molar-refractivity contribution in [3.63, 3.8) is 0 Å². The molecule has 0 fully saturated rings. The topological polar surface area (TPSA) is 55.2 Å². The van der Waals surface area contributed by atoms with E-state index in [1.807, 2.05) is 0 Å². The van der Waals surface area contributed by atoms with Crippen LogP contribution in [-0.4, -0.2) is 4.92 Å². The van der Waals surface area contributed by atoms with Crippen molar-refractivity contribution in [3.05, 3.63) is 67.1 Å². The molecule has 20 heavy (non-hydrogen) atoms. The van der Waals surface area contributed by atoms with Crippen molar-refractivity contribution in [3.8, 4) is 0 Å². The molecular formula is C13H9Cl3N2O2. The van der Waals surface area contributed by atoms with E-state index < -0.39 is 4.92 Å². The lowest BCUT2D eigenvalue weighted by Gasteiger charge is -2.10. The molecule has 0 radical (unpaired) electrons. The fourth-order valence-corrected chi connectivity index (χ4v) is 2.23. The van der Waals surface area contributed by atoms with Gasteiger partial charge < -0.3 is 5.32 Å². The Kier molecular flexibility index (Phi) is 4.70. The molecule has 0 aliphatic carbocycles. The third-order valence-electron chi connectivity index (χ3n) is 2.67. The Morgan fingerprint density at radius 1 is 1.10 bits per heavy atom. The number of halogens is 3. The number of hydrogen-bond donors (Lipinski definition) is 1. The van der Waals surface area contributed by atoms with Crippen LogP contribution in [0.4, 0.5) is 11.4 Å². The fraction of sp³-hybridized carbons (Fsp3) is 0.0769. The minimum Gasteiger partial charge on any atom is -0.380 e. The van der Waals surface area contributed by atoms with E-state index in [0.717, 1.165) is 5.56 Å². The van der Waals surface area contributed by atoms with Gasteiger partial charge in [0.1, 0.15) is 0 Å². The van der Waals surface area contributed by atoms with E-state index in [9.17, 15) is 10.1 Å². The van der Waals surface area contributed by atoms with Gasteiger partial charge in [-0.1, -0.05) is 40.9 Å². The number of nitro benzene ring substituents is 1. The van der Waals surface area contributed by atoms with Gasteiger partial charge in [-0.05, 0) is 23.8 Å². The Balaban J connectivity index is 2.15. The third-order valence-corrected chi connectivity index (χ3v) is 3.84. The summed E-state index contributed by atoms with van der Waals surface area (Å²) in [7, 11) is 0. The Morgan fingerprint density at radius 2 is 1.85 bits per heavy atom. The summed E-state index contributed by atoms with van der Waals surface area (Å²) in [6, 6.07) is 9.57. The number of hydrogen-bond acceptors (Lipinski definition) is 3. The average Bonchev–Trinajstić information content (AvgIpc) is 2.41. The monoisotopic (exact) mass is 330 g/mol. The summed E-state index contributed by atoms with van der Waals surface area (Å²) in [4.78, 5) is 10.1. The van der Waals surface area contributed by atoms with Crippen LogP contribution in [0.3, 0.4) is 0 Å². The quantitative estimate of drug-likeness (QED) is 0.621. The van der Waals surface area contributed by atoms with Crippen LogP contribution in [0.25, 0.3) is 0 Å². The molecular weight excluding hydrogens is 323 g/mol. The molecule has 2 rings (SSSR count). The molecule has 104 valence electrons. The maximum atomic E-state index is 10.6. The van der Waals surface area contributed by atoms with Gasteiger partial charge in [-0.15, -0.1) is 0 Å². The maximum Gasteiger partial charge on any atom is 0.270 e. The molecule has 0 spiro atoms. The molecule has 1 N–H and O–H groups in total. The normalized spacial score (nSPS) is 10.3. The van der Waals surface area contributed by atoms with Crippen molar-refractivity contribution in [1.82, 2.24) is 0 Å². The molecule has 0 unspecified atom stereocenters. The average molecular weight is 332 g/mol. The van der Waals surface area contributed by atoms with Gasteiger partial charge in [-0.3, -0.25) is 10.1 Å². The molecule has 0 aliphatic heterocycles. The Bertz CT molecular complexity index is 662. The molecule has 0 saturated carbocycles. The highest BCUT2D eigenvalue weighted by Crippen LogP contribution is 2.30. The number of nitrogens with one attached hydrogen (secondary N) is 1. The molecule has 0 heterocycles. The van der Waals surface area contributed by atoms with Crippen LogP contribution in [0, 0.1) is 10.1 Å². The molecule has 0 atom stereocenters. The van der Waals surface area contributed by atoms with Crippen molar-refractivity contribution in [2.75, 3.05) is 5.32 Å². The lowest BCUT2D eigenvalue weighted by Crippen LogP contribution is -2.01. The second-order valence-corrected chi connectivity index (χ2v) is 5.18. The number of benzene rings is 2. The molecule has 4 nitrogen and oxygen atoms in total. The van der Waals surface area contributed by atoms with Gasteiger partial charge in [0.25, 0.3) is 5.69 Å². The molecule has 2 aromatic carbocycles. The van der Waals surface area contributed by atoms with Crippen molar-refractivity contribution in [1.29, 1.82) is 0 Å². The van der Waals surface area contributed by atoms with E-state index in [0.29, 0.717) is 27.3 Å². The van der Waals surface area contributed by atoms with Crippen LogP contribution in [0.2, 0.25) is 15.1 Å². The number of anilines is 1. The second kappa shape index (κ2) is 6.31. The third kappa shape index (κ3) is 3.33. The lowest BCUT2D eigenvalue weighted by molar-refractivity contribution is -0.384. The van der Waals surface area contributed by atoms with Crippen molar-refractivity contribution in [2.45, 2.75) is 6.54 Å². The fourth-order valence-electron chi connectivity index (χ4n) is 1.62. The van der Waals surface area contributed by atoms with Crippen LogP contribution in [0.15, 0.2) is 36.4 Å². The summed E-state index contributed by atoms with van der Waals surface area (Å²) in [5, 5.41) is 14.9. The zero-order valence-electron chi connectivity index (χ0n) is 10.1. The van der Waals surface area contributed by atoms with Gasteiger partial charge in [0.2, 0.25) is 0 Å². The first-order chi connectivity index (χ1) is 9.49. The Labute approximate surface area is 130 Å². The minimum atomic E-state index is -0.489. The standard InChI is InChI=1S/C13H9Cl3N2O2/c14-10-2-1-3-12(13(10)16)17-7-8-4-5-9(18(19)20)6-11(8)15/h1-6,17H,7H2. The van der Waals surface area contributed by atoms with Gasteiger partial charge in [0, 0.05) is 18.7 Å². The molecule has 2 aromatic rings. The summed E-state index contributed by atoms with van der Waals surface area (Å²) in [5.41, 5.74) is 1.36. The van der Waals surface area contributed by atoms with Crippen molar-refractivity contribution in [2.24, 2.45) is 0 Å². The smallest absolute Gasteiger partial charge is 0.270 e. The summed E-state index contributed by atoms with van der Waals surface area (Å²) < 4.78 is 0. The number of nitro groups is 1. The zero-order chi connectivity index (χ0) is 14.7. The van der Waals surface area contributed by atoms with Crippen LogP contribution in [0.5, 0.6) is 0 Å². The molecule has 0 amide bonds. The van der Waals surface area contributed by atoms with E-state index >= 15 is 0 Å². The van der Waals surface area contributed by atoms with E-state index in [1.165, 1.54) is 12.1 Å². The first-order valence-corrected chi connectivity index (χ1v) is 6.73. The highest BCUT2D eigenvalue weighted by Gasteiger charge is 2.10.